The van der Waals surface area contributed by atoms with Crippen LogP contribution in [0.3, 0.4) is 0 Å². The van der Waals surface area contributed by atoms with Crippen molar-refractivity contribution in [3.05, 3.63) is 28.3 Å². The lowest BCUT2D eigenvalue weighted by Crippen LogP contribution is -2.30. The predicted molar refractivity (Wildman–Crippen MR) is 80.7 cm³/mol. The van der Waals surface area contributed by atoms with Gasteiger partial charge in [-0.2, -0.15) is 0 Å². The van der Waals surface area contributed by atoms with Crippen LogP contribution in [0, 0.1) is 13.8 Å². The van der Waals surface area contributed by atoms with Crippen LogP contribution < -0.4 is 10.1 Å². The van der Waals surface area contributed by atoms with Crippen LogP contribution in [0.5, 0.6) is 5.75 Å². The molecular weight excluding hydrogens is 294 g/mol. The molecule has 0 aliphatic heterocycles. The quantitative estimate of drug-likeness (QED) is 0.620. The topological polar surface area (TPSA) is 64.6 Å². The van der Waals surface area contributed by atoms with E-state index in [1.165, 1.54) is 7.11 Å². The van der Waals surface area contributed by atoms with E-state index >= 15 is 0 Å². The molecule has 116 valence electrons. The van der Waals surface area contributed by atoms with Crippen LogP contribution in [-0.4, -0.2) is 32.1 Å². The molecule has 1 amide bonds. The highest BCUT2D eigenvalue weighted by atomic mass is 35.5. The number of halogens is 1. The summed E-state index contributed by atoms with van der Waals surface area (Å²) in [6, 6.07) is 3.58. The summed E-state index contributed by atoms with van der Waals surface area (Å²) >= 11 is 5.93. The van der Waals surface area contributed by atoms with Crippen molar-refractivity contribution in [2.45, 2.75) is 26.7 Å². The molecule has 0 heterocycles. The molecule has 1 aromatic carbocycles. The van der Waals surface area contributed by atoms with E-state index in [4.69, 9.17) is 16.3 Å². The number of methoxy groups -OCH3 is 1. The first-order valence-corrected chi connectivity index (χ1v) is 7.05. The van der Waals surface area contributed by atoms with Gasteiger partial charge in [-0.3, -0.25) is 9.59 Å². The molecule has 0 aromatic heterocycles. The Kier molecular flexibility index (Phi) is 7.02. The van der Waals surface area contributed by atoms with E-state index in [0.717, 1.165) is 11.1 Å². The van der Waals surface area contributed by atoms with Gasteiger partial charge in [-0.15, -0.1) is 0 Å². The molecule has 6 heteroatoms. The largest absolute Gasteiger partial charge is 0.483 e. The Bertz CT molecular complexity index is 493. The Labute approximate surface area is 129 Å². The Hall–Kier alpha value is -1.75. The Morgan fingerprint density at radius 1 is 1.24 bits per heavy atom. The number of aryl methyl sites for hydroxylation is 2. The number of rotatable bonds is 7. The van der Waals surface area contributed by atoms with Crippen LogP contribution in [0.25, 0.3) is 0 Å². The number of carbonyl (C=O) groups is 2. The fourth-order valence-corrected chi connectivity index (χ4v) is 2.20. The van der Waals surface area contributed by atoms with Crippen molar-refractivity contribution < 1.29 is 19.1 Å². The first kappa shape index (κ1) is 17.3. The molecule has 0 bridgehead atoms. The van der Waals surface area contributed by atoms with Gasteiger partial charge in [-0.1, -0.05) is 11.6 Å². The number of esters is 1. The molecule has 0 aliphatic rings. The molecule has 0 radical (unpaired) electrons. The van der Waals surface area contributed by atoms with E-state index in [-0.39, 0.29) is 24.9 Å². The molecule has 5 nitrogen and oxygen atoms in total. The van der Waals surface area contributed by atoms with Crippen molar-refractivity contribution in [1.29, 1.82) is 0 Å². The van der Waals surface area contributed by atoms with Gasteiger partial charge in [0.15, 0.2) is 6.61 Å². The molecule has 0 atom stereocenters. The van der Waals surface area contributed by atoms with Gasteiger partial charge >= 0.3 is 5.97 Å². The summed E-state index contributed by atoms with van der Waals surface area (Å²) in [6.45, 7) is 4.10. The number of carbonyl (C=O) groups excluding carboxylic acids is 2. The van der Waals surface area contributed by atoms with Gasteiger partial charge in [0.1, 0.15) is 5.75 Å². The van der Waals surface area contributed by atoms with E-state index in [1.807, 2.05) is 13.8 Å². The van der Waals surface area contributed by atoms with E-state index < -0.39 is 0 Å². The second kappa shape index (κ2) is 8.52. The number of nitrogens with one attached hydrogen (secondary N) is 1. The number of hydrogen-bond acceptors (Lipinski definition) is 4. The maximum absolute atomic E-state index is 11.6. The lowest BCUT2D eigenvalue weighted by molar-refractivity contribution is -0.140. The summed E-state index contributed by atoms with van der Waals surface area (Å²) in [5.41, 5.74) is 1.77. The van der Waals surface area contributed by atoms with Crippen molar-refractivity contribution in [3.8, 4) is 5.75 Å². The van der Waals surface area contributed by atoms with E-state index in [1.54, 1.807) is 12.1 Å². The zero-order valence-corrected chi connectivity index (χ0v) is 13.3. The van der Waals surface area contributed by atoms with Crippen LogP contribution in [0.2, 0.25) is 5.02 Å². The molecule has 0 aliphatic carbocycles. The molecular formula is C15H20ClNO4. The second-order valence-corrected chi connectivity index (χ2v) is 5.12. The van der Waals surface area contributed by atoms with Crippen LogP contribution in [0.1, 0.15) is 24.0 Å². The molecule has 0 unspecified atom stereocenters. The van der Waals surface area contributed by atoms with E-state index in [9.17, 15) is 9.59 Å². The molecule has 0 spiro atoms. The SMILES string of the molecule is COC(=O)CCCNC(=O)COc1c(C)cc(Cl)cc1C. The molecule has 0 fully saturated rings. The van der Waals surface area contributed by atoms with Gasteiger partial charge in [0.25, 0.3) is 5.91 Å². The lowest BCUT2D eigenvalue weighted by atomic mass is 10.1. The first-order chi connectivity index (χ1) is 9.93. The first-order valence-electron chi connectivity index (χ1n) is 6.67. The molecule has 1 aromatic rings. The van der Waals surface area contributed by atoms with Crippen molar-refractivity contribution in [3.63, 3.8) is 0 Å². The maximum atomic E-state index is 11.6. The number of amides is 1. The predicted octanol–water partition coefficient (Wildman–Crippen LogP) is 2.41. The summed E-state index contributed by atoms with van der Waals surface area (Å²) in [5, 5.41) is 3.33. The monoisotopic (exact) mass is 313 g/mol. The highest BCUT2D eigenvalue weighted by Crippen LogP contribution is 2.26. The van der Waals surface area contributed by atoms with Crippen LogP contribution >= 0.6 is 11.6 Å². The van der Waals surface area contributed by atoms with Crippen molar-refractivity contribution in [2.75, 3.05) is 20.3 Å². The zero-order chi connectivity index (χ0) is 15.8. The number of benzene rings is 1. The molecule has 1 rings (SSSR count). The van der Waals surface area contributed by atoms with Crippen molar-refractivity contribution >= 4 is 23.5 Å². The lowest BCUT2D eigenvalue weighted by Gasteiger charge is -2.12. The van der Waals surface area contributed by atoms with Crippen LogP contribution in [0.4, 0.5) is 0 Å². The summed E-state index contributed by atoms with van der Waals surface area (Å²) in [7, 11) is 1.34. The molecule has 1 N–H and O–H groups in total. The van der Waals surface area contributed by atoms with Gasteiger partial charge in [-0.05, 0) is 43.5 Å². The minimum atomic E-state index is -0.284. The second-order valence-electron chi connectivity index (χ2n) is 4.69. The van der Waals surface area contributed by atoms with Crippen LogP contribution in [-0.2, 0) is 14.3 Å². The Morgan fingerprint density at radius 2 is 1.86 bits per heavy atom. The number of hydrogen-bond donors (Lipinski definition) is 1. The zero-order valence-electron chi connectivity index (χ0n) is 12.5. The standard InChI is InChI=1S/C15H20ClNO4/c1-10-7-12(16)8-11(2)15(10)21-9-13(18)17-6-4-5-14(19)20-3/h7-8H,4-6,9H2,1-3H3,(H,17,18). The van der Waals surface area contributed by atoms with Gasteiger partial charge in [-0.25, -0.2) is 0 Å². The molecule has 21 heavy (non-hydrogen) atoms. The highest BCUT2D eigenvalue weighted by molar-refractivity contribution is 6.30. The van der Waals surface area contributed by atoms with Gasteiger partial charge < -0.3 is 14.8 Å². The third kappa shape index (κ3) is 6.04. The highest BCUT2D eigenvalue weighted by Gasteiger charge is 2.09. The fraction of sp³-hybridized carbons (Fsp3) is 0.467. The Balaban J connectivity index is 2.35. The maximum Gasteiger partial charge on any atom is 0.305 e. The molecule has 0 saturated carbocycles. The van der Waals surface area contributed by atoms with E-state index in [2.05, 4.69) is 10.1 Å². The normalized spacial score (nSPS) is 10.1. The average molecular weight is 314 g/mol. The summed E-state index contributed by atoms with van der Waals surface area (Å²) in [5.74, 6) is 0.158. The summed E-state index contributed by atoms with van der Waals surface area (Å²) < 4.78 is 10.0. The summed E-state index contributed by atoms with van der Waals surface area (Å²) in [6.07, 6.45) is 0.824. The van der Waals surface area contributed by atoms with Crippen LogP contribution in [0.15, 0.2) is 12.1 Å². The smallest absolute Gasteiger partial charge is 0.305 e. The third-order valence-corrected chi connectivity index (χ3v) is 3.10. The van der Waals surface area contributed by atoms with E-state index in [0.29, 0.717) is 23.7 Å². The van der Waals surface area contributed by atoms with Gasteiger partial charge in [0, 0.05) is 18.0 Å². The Morgan fingerprint density at radius 3 is 2.43 bits per heavy atom. The number of ether oxygens (including phenoxy) is 2. The van der Waals surface area contributed by atoms with Crippen molar-refractivity contribution in [1.82, 2.24) is 5.32 Å². The third-order valence-electron chi connectivity index (χ3n) is 2.88. The van der Waals surface area contributed by atoms with Gasteiger partial charge in [0.2, 0.25) is 0 Å². The molecule has 0 saturated heterocycles. The summed E-state index contributed by atoms with van der Waals surface area (Å²) in [4.78, 5) is 22.5. The minimum absolute atomic E-state index is 0.0679. The average Bonchev–Trinajstić information content (AvgIpc) is 2.42. The minimum Gasteiger partial charge on any atom is -0.483 e. The fourth-order valence-electron chi connectivity index (χ4n) is 1.88. The van der Waals surface area contributed by atoms with Gasteiger partial charge in [0.05, 0.1) is 7.11 Å². The van der Waals surface area contributed by atoms with Crippen molar-refractivity contribution in [2.24, 2.45) is 0 Å².